The molecule has 5 heteroatoms. The van der Waals surface area contributed by atoms with Gasteiger partial charge in [0.25, 0.3) is 0 Å². The van der Waals surface area contributed by atoms with Gasteiger partial charge in [0.15, 0.2) is 8.32 Å². The molecule has 1 fully saturated rings. The van der Waals surface area contributed by atoms with Crippen LogP contribution in [0.5, 0.6) is 0 Å². The Labute approximate surface area is 138 Å². The summed E-state index contributed by atoms with van der Waals surface area (Å²) in [5, 5.41) is 0.233. The SMILES string of the molecule is CC(C)(C)[Si](C)(C)OCC[C@@H]1C[C@H](I)CCCC(=O)O1. The van der Waals surface area contributed by atoms with Crippen LogP contribution < -0.4 is 0 Å². The summed E-state index contributed by atoms with van der Waals surface area (Å²) in [5.74, 6) is -0.0365. The third kappa shape index (κ3) is 6.01. The van der Waals surface area contributed by atoms with Crippen molar-refractivity contribution in [3.8, 4) is 0 Å². The summed E-state index contributed by atoms with van der Waals surface area (Å²) < 4.78 is 12.3. The molecule has 0 aromatic rings. The van der Waals surface area contributed by atoms with Gasteiger partial charge in [0.1, 0.15) is 6.10 Å². The van der Waals surface area contributed by atoms with Crippen molar-refractivity contribution in [3.05, 3.63) is 0 Å². The van der Waals surface area contributed by atoms with Crippen LogP contribution in [-0.2, 0) is 14.0 Å². The predicted octanol–water partition coefficient (Wildman–Crippen LogP) is 4.69. The Balaban J connectivity index is 2.44. The number of alkyl halides is 1. The summed E-state index contributed by atoms with van der Waals surface area (Å²) in [7, 11) is -1.69. The van der Waals surface area contributed by atoms with E-state index >= 15 is 0 Å². The minimum atomic E-state index is -1.69. The van der Waals surface area contributed by atoms with Crippen molar-refractivity contribution in [1.29, 1.82) is 0 Å². The van der Waals surface area contributed by atoms with E-state index in [4.69, 9.17) is 9.16 Å². The van der Waals surface area contributed by atoms with Crippen molar-refractivity contribution in [3.63, 3.8) is 0 Å². The Bertz CT molecular complexity index is 326. The molecular formula is C15H29IO3Si. The van der Waals surface area contributed by atoms with E-state index in [-0.39, 0.29) is 17.1 Å². The van der Waals surface area contributed by atoms with Crippen LogP contribution in [0.4, 0.5) is 0 Å². The zero-order valence-corrected chi connectivity index (χ0v) is 16.7. The number of cyclic esters (lactones) is 1. The van der Waals surface area contributed by atoms with Crippen LogP contribution in [0.3, 0.4) is 0 Å². The molecule has 1 aliphatic heterocycles. The van der Waals surface area contributed by atoms with Gasteiger partial charge in [0.05, 0.1) is 0 Å². The molecule has 1 heterocycles. The van der Waals surface area contributed by atoms with Crippen molar-refractivity contribution in [2.24, 2.45) is 0 Å². The van der Waals surface area contributed by atoms with Crippen LogP contribution in [0.15, 0.2) is 0 Å². The number of hydrogen-bond acceptors (Lipinski definition) is 3. The second kappa shape index (κ2) is 7.58. The van der Waals surface area contributed by atoms with Gasteiger partial charge in [0, 0.05) is 23.4 Å². The highest BCUT2D eigenvalue weighted by atomic mass is 127. The van der Waals surface area contributed by atoms with E-state index in [2.05, 4.69) is 56.5 Å². The zero-order chi connectivity index (χ0) is 15.4. The smallest absolute Gasteiger partial charge is 0.306 e. The van der Waals surface area contributed by atoms with Gasteiger partial charge in [-0.15, -0.1) is 0 Å². The van der Waals surface area contributed by atoms with Gasteiger partial charge in [-0.3, -0.25) is 4.79 Å². The summed E-state index contributed by atoms with van der Waals surface area (Å²) in [6.07, 6.45) is 4.48. The Hall–Kier alpha value is 0.377. The third-order valence-electron chi connectivity index (χ3n) is 4.42. The first kappa shape index (κ1) is 18.4. The molecule has 0 saturated carbocycles. The molecule has 2 atom stereocenters. The monoisotopic (exact) mass is 412 g/mol. The van der Waals surface area contributed by atoms with E-state index in [1.807, 2.05) is 0 Å². The van der Waals surface area contributed by atoms with Gasteiger partial charge < -0.3 is 9.16 Å². The maximum absolute atomic E-state index is 11.6. The number of halogens is 1. The molecule has 1 rings (SSSR count). The maximum atomic E-state index is 11.6. The highest BCUT2D eigenvalue weighted by Gasteiger charge is 2.37. The van der Waals surface area contributed by atoms with E-state index in [0.29, 0.717) is 17.0 Å². The molecule has 0 aliphatic carbocycles. The Morgan fingerprint density at radius 2 is 2.05 bits per heavy atom. The number of carbonyl (C=O) groups is 1. The molecule has 0 N–H and O–H groups in total. The lowest BCUT2D eigenvalue weighted by Gasteiger charge is -2.36. The molecule has 0 aromatic carbocycles. The third-order valence-corrected chi connectivity index (χ3v) is 10.1. The van der Waals surface area contributed by atoms with Crippen LogP contribution >= 0.6 is 22.6 Å². The molecule has 118 valence electrons. The minimum Gasteiger partial charge on any atom is -0.462 e. The Morgan fingerprint density at radius 3 is 2.65 bits per heavy atom. The molecule has 1 saturated heterocycles. The van der Waals surface area contributed by atoms with E-state index in [0.717, 1.165) is 25.7 Å². The predicted molar refractivity (Wildman–Crippen MR) is 93.9 cm³/mol. The van der Waals surface area contributed by atoms with Crippen LogP contribution in [0.1, 0.15) is 52.9 Å². The molecule has 0 amide bonds. The number of ether oxygens (including phenoxy) is 1. The van der Waals surface area contributed by atoms with Gasteiger partial charge in [0.2, 0.25) is 0 Å². The number of carbonyl (C=O) groups excluding carboxylic acids is 1. The lowest BCUT2D eigenvalue weighted by atomic mass is 10.0. The highest BCUT2D eigenvalue weighted by molar-refractivity contribution is 14.1. The number of esters is 1. The minimum absolute atomic E-state index is 0.0365. The van der Waals surface area contributed by atoms with Gasteiger partial charge in [-0.25, -0.2) is 0 Å². The Morgan fingerprint density at radius 1 is 1.40 bits per heavy atom. The number of hydrogen-bond donors (Lipinski definition) is 0. The molecule has 0 aromatic heterocycles. The lowest BCUT2D eigenvalue weighted by molar-refractivity contribution is -0.150. The fourth-order valence-corrected chi connectivity index (χ4v) is 4.07. The summed E-state index contributed by atoms with van der Waals surface area (Å²) in [6, 6.07) is 0. The summed E-state index contributed by atoms with van der Waals surface area (Å²) in [5.41, 5.74) is 0. The van der Waals surface area contributed by atoms with Gasteiger partial charge in [-0.1, -0.05) is 43.4 Å². The largest absolute Gasteiger partial charge is 0.462 e. The topological polar surface area (TPSA) is 35.5 Å². The maximum Gasteiger partial charge on any atom is 0.306 e. The lowest BCUT2D eigenvalue weighted by Crippen LogP contribution is -2.41. The van der Waals surface area contributed by atoms with E-state index in [9.17, 15) is 4.79 Å². The average Bonchev–Trinajstić information content (AvgIpc) is 2.24. The van der Waals surface area contributed by atoms with Gasteiger partial charge in [-0.05, 0) is 37.4 Å². The summed E-state index contributed by atoms with van der Waals surface area (Å²) in [4.78, 5) is 11.6. The zero-order valence-electron chi connectivity index (χ0n) is 13.5. The molecule has 20 heavy (non-hydrogen) atoms. The van der Waals surface area contributed by atoms with Crippen LogP contribution in [0, 0.1) is 0 Å². The van der Waals surface area contributed by atoms with Crippen molar-refractivity contribution in [2.75, 3.05) is 6.61 Å². The average molecular weight is 412 g/mol. The highest BCUT2D eigenvalue weighted by Crippen LogP contribution is 2.36. The molecular weight excluding hydrogens is 383 g/mol. The quantitative estimate of drug-likeness (QED) is 0.291. The first-order chi connectivity index (χ1) is 9.12. The van der Waals surface area contributed by atoms with Crippen molar-refractivity contribution < 1.29 is 14.0 Å². The first-order valence-electron chi connectivity index (χ1n) is 7.59. The standard InChI is InChI=1S/C15H29IO3Si/c1-15(2,3)20(4,5)18-10-9-13-11-12(16)7-6-8-14(17)19-13/h12-13H,6-11H2,1-5H3/t12-,13-/m1/s1. The Kier molecular flexibility index (Phi) is 6.99. The molecule has 1 aliphatic rings. The first-order valence-corrected chi connectivity index (χ1v) is 11.7. The fraction of sp³-hybridized carbons (Fsp3) is 0.933. The molecule has 3 nitrogen and oxygen atoms in total. The molecule has 0 radical (unpaired) electrons. The van der Waals surface area contributed by atoms with E-state index in [1.165, 1.54) is 0 Å². The normalized spacial score (nSPS) is 25.8. The van der Waals surface area contributed by atoms with E-state index in [1.54, 1.807) is 0 Å². The second-order valence-electron chi connectivity index (χ2n) is 7.23. The summed E-state index contributed by atoms with van der Waals surface area (Å²) in [6.45, 7) is 12.0. The van der Waals surface area contributed by atoms with Crippen LogP contribution in [0.2, 0.25) is 18.1 Å². The number of rotatable bonds is 4. The molecule has 0 bridgehead atoms. The summed E-state index contributed by atoms with van der Waals surface area (Å²) >= 11 is 2.48. The van der Waals surface area contributed by atoms with Crippen LogP contribution in [0.25, 0.3) is 0 Å². The van der Waals surface area contributed by atoms with Crippen LogP contribution in [-0.4, -0.2) is 30.9 Å². The van der Waals surface area contributed by atoms with E-state index < -0.39 is 8.32 Å². The fourth-order valence-electron chi connectivity index (χ4n) is 2.00. The van der Waals surface area contributed by atoms with Gasteiger partial charge in [-0.2, -0.15) is 0 Å². The molecule has 0 spiro atoms. The van der Waals surface area contributed by atoms with Crippen molar-refractivity contribution >= 4 is 36.9 Å². The van der Waals surface area contributed by atoms with Gasteiger partial charge >= 0.3 is 5.97 Å². The van der Waals surface area contributed by atoms with Crippen molar-refractivity contribution in [1.82, 2.24) is 0 Å². The molecule has 0 unspecified atom stereocenters. The van der Waals surface area contributed by atoms with Crippen molar-refractivity contribution in [2.45, 2.75) is 81.0 Å². The second-order valence-corrected chi connectivity index (χ2v) is 13.8.